The summed E-state index contributed by atoms with van der Waals surface area (Å²) >= 11 is 0. The third-order valence-electron chi connectivity index (χ3n) is 2.62. The highest BCUT2D eigenvalue weighted by Gasteiger charge is 2.47. The average Bonchev–Trinajstić information content (AvgIpc) is 2.41. The van der Waals surface area contributed by atoms with Gasteiger partial charge in [0.1, 0.15) is 13.2 Å². The van der Waals surface area contributed by atoms with E-state index in [9.17, 15) is 9.59 Å². The van der Waals surface area contributed by atoms with Gasteiger partial charge in [0.2, 0.25) is 0 Å². The molecule has 0 bridgehead atoms. The molecule has 0 saturated heterocycles. The molecule has 0 amide bonds. The molecule has 4 nitrogen and oxygen atoms in total. The number of ether oxygens (including phenoxy) is 2. The highest BCUT2D eigenvalue weighted by molar-refractivity contribution is 6.00. The van der Waals surface area contributed by atoms with Crippen molar-refractivity contribution < 1.29 is 19.1 Å². The first-order valence-corrected chi connectivity index (χ1v) is 6.26. The van der Waals surface area contributed by atoms with Gasteiger partial charge in [-0.3, -0.25) is 9.59 Å². The van der Waals surface area contributed by atoms with Gasteiger partial charge >= 0.3 is 11.9 Å². The number of rotatable bonds is 10. The van der Waals surface area contributed by atoms with Crippen molar-refractivity contribution in [2.75, 3.05) is 13.2 Å². The third kappa shape index (κ3) is 4.73. The minimum atomic E-state index is -1.32. The normalized spacial score (nSPS) is 10.4. The number of carbonyl (C=O) groups excluding carboxylic acids is 2. The molecular weight excluding hydrogens is 244 g/mol. The SMILES string of the molecule is C=CCOC(=O)C(CC=C)(CCC)C(=O)OCC=C. The van der Waals surface area contributed by atoms with E-state index in [1.54, 1.807) is 0 Å². The van der Waals surface area contributed by atoms with E-state index in [0.29, 0.717) is 12.8 Å². The topological polar surface area (TPSA) is 52.6 Å². The fourth-order valence-electron chi connectivity index (χ4n) is 1.77. The molecule has 19 heavy (non-hydrogen) atoms. The molecule has 0 aromatic rings. The molecule has 0 fully saturated rings. The Labute approximate surface area is 114 Å². The van der Waals surface area contributed by atoms with Gasteiger partial charge in [-0.1, -0.05) is 44.7 Å². The van der Waals surface area contributed by atoms with E-state index in [1.807, 2.05) is 6.92 Å². The van der Waals surface area contributed by atoms with E-state index in [1.165, 1.54) is 18.2 Å². The maximum absolute atomic E-state index is 12.2. The summed E-state index contributed by atoms with van der Waals surface area (Å²) < 4.78 is 10.1. The van der Waals surface area contributed by atoms with E-state index in [4.69, 9.17) is 9.47 Å². The van der Waals surface area contributed by atoms with Gasteiger partial charge in [0.15, 0.2) is 5.41 Å². The van der Waals surface area contributed by atoms with E-state index >= 15 is 0 Å². The predicted octanol–water partition coefficient (Wildman–Crippen LogP) is 2.81. The summed E-state index contributed by atoms with van der Waals surface area (Å²) in [5, 5.41) is 0. The van der Waals surface area contributed by atoms with E-state index in [2.05, 4.69) is 19.7 Å². The Hall–Kier alpha value is -1.84. The van der Waals surface area contributed by atoms with Crippen LogP contribution in [0.4, 0.5) is 0 Å². The number of hydrogen-bond acceptors (Lipinski definition) is 4. The molecule has 0 atom stereocenters. The van der Waals surface area contributed by atoms with Crippen LogP contribution in [-0.4, -0.2) is 25.2 Å². The summed E-state index contributed by atoms with van der Waals surface area (Å²) in [5.74, 6) is -1.19. The molecule has 0 N–H and O–H groups in total. The minimum Gasteiger partial charge on any atom is -0.461 e. The quantitative estimate of drug-likeness (QED) is 0.346. The average molecular weight is 266 g/mol. The van der Waals surface area contributed by atoms with Crippen molar-refractivity contribution in [2.24, 2.45) is 5.41 Å². The van der Waals surface area contributed by atoms with Crippen molar-refractivity contribution in [3.05, 3.63) is 38.0 Å². The molecule has 0 rings (SSSR count). The molecular formula is C15H22O4. The van der Waals surface area contributed by atoms with Gasteiger partial charge in [-0.25, -0.2) is 0 Å². The Balaban J connectivity index is 5.19. The molecule has 4 heteroatoms. The zero-order valence-electron chi connectivity index (χ0n) is 11.5. The van der Waals surface area contributed by atoms with Crippen molar-refractivity contribution in [3.63, 3.8) is 0 Å². The highest BCUT2D eigenvalue weighted by atomic mass is 16.6. The van der Waals surface area contributed by atoms with Crippen LogP contribution in [0, 0.1) is 5.41 Å². The van der Waals surface area contributed by atoms with Crippen LogP contribution in [0.2, 0.25) is 0 Å². The van der Waals surface area contributed by atoms with Crippen LogP contribution in [-0.2, 0) is 19.1 Å². The monoisotopic (exact) mass is 266 g/mol. The lowest BCUT2D eigenvalue weighted by molar-refractivity contribution is -0.171. The third-order valence-corrected chi connectivity index (χ3v) is 2.62. The smallest absolute Gasteiger partial charge is 0.324 e. The van der Waals surface area contributed by atoms with Gasteiger partial charge in [0.05, 0.1) is 0 Å². The van der Waals surface area contributed by atoms with Crippen LogP contribution >= 0.6 is 0 Å². The van der Waals surface area contributed by atoms with Gasteiger partial charge in [0, 0.05) is 0 Å². The van der Waals surface area contributed by atoms with Crippen molar-refractivity contribution in [1.29, 1.82) is 0 Å². The second-order valence-corrected chi connectivity index (χ2v) is 4.10. The second-order valence-electron chi connectivity index (χ2n) is 4.10. The van der Waals surface area contributed by atoms with Crippen molar-refractivity contribution in [2.45, 2.75) is 26.2 Å². The Bertz CT molecular complexity index is 320. The van der Waals surface area contributed by atoms with E-state index < -0.39 is 17.4 Å². The molecule has 0 aromatic heterocycles. The summed E-state index contributed by atoms with van der Waals surface area (Å²) in [6.45, 7) is 12.6. The lowest BCUT2D eigenvalue weighted by Gasteiger charge is -2.27. The maximum Gasteiger partial charge on any atom is 0.324 e. The van der Waals surface area contributed by atoms with Gasteiger partial charge in [-0.05, 0) is 12.8 Å². The summed E-state index contributed by atoms with van der Waals surface area (Å²) in [4.78, 5) is 24.3. The summed E-state index contributed by atoms with van der Waals surface area (Å²) in [5.41, 5.74) is -1.32. The molecule has 0 aliphatic carbocycles. The van der Waals surface area contributed by atoms with E-state index in [0.717, 1.165) is 0 Å². The Morgan fingerprint density at radius 1 is 1.00 bits per heavy atom. The lowest BCUT2D eigenvalue weighted by atomic mass is 9.80. The van der Waals surface area contributed by atoms with Crippen LogP contribution in [0.15, 0.2) is 38.0 Å². The zero-order chi connectivity index (χ0) is 14.7. The molecule has 0 radical (unpaired) electrons. The largest absolute Gasteiger partial charge is 0.461 e. The first-order valence-electron chi connectivity index (χ1n) is 6.26. The van der Waals surface area contributed by atoms with E-state index in [-0.39, 0.29) is 19.6 Å². The number of carbonyl (C=O) groups is 2. The molecule has 0 unspecified atom stereocenters. The molecule has 0 heterocycles. The van der Waals surface area contributed by atoms with Gasteiger partial charge < -0.3 is 9.47 Å². The van der Waals surface area contributed by atoms with Crippen LogP contribution in [0.3, 0.4) is 0 Å². The Morgan fingerprint density at radius 3 is 1.79 bits per heavy atom. The highest BCUT2D eigenvalue weighted by Crippen LogP contribution is 2.32. The van der Waals surface area contributed by atoms with Gasteiger partial charge in [0.25, 0.3) is 0 Å². The first kappa shape index (κ1) is 17.2. The lowest BCUT2D eigenvalue weighted by Crippen LogP contribution is -2.41. The minimum absolute atomic E-state index is 0.0657. The van der Waals surface area contributed by atoms with Gasteiger partial charge in [-0.2, -0.15) is 0 Å². The molecule has 106 valence electrons. The number of hydrogen-bond donors (Lipinski definition) is 0. The number of allylic oxidation sites excluding steroid dienone is 1. The van der Waals surface area contributed by atoms with Crippen LogP contribution in [0.25, 0.3) is 0 Å². The van der Waals surface area contributed by atoms with Crippen molar-refractivity contribution in [1.82, 2.24) is 0 Å². The number of esters is 2. The van der Waals surface area contributed by atoms with Crippen LogP contribution < -0.4 is 0 Å². The first-order chi connectivity index (χ1) is 9.08. The molecule has 0 saturated carbocycles. The Kier molecular flexibility index (Phi) is 8.25. The molecule has 0 aliphatic rings. The Morgan fingerprint density at radius 2 is 1.47 bits per heavy atom. The molecule has 0 spiro atoms. The summed E-state index contributed by atoms with van der Waals surface area (Å²) in [6.07, 6.45) is 5.63. The maximum atomic E-state index is 12.2. The standard InChI is InChI=1S/C15H22O4/c1-5-9-15(10-6-2,13(16)18-11-7-3)14(17)19-12-8-4/h5,7-8H,1,3-4,6,9-12H2,2H3. The molecule has 0 aromatic carbocycles. The van der Waals surface area contributed by atoms with Crippen LogP contribution in [0.5, 0.6) is 0 Å². The molecule has 0 aliphatic heterocycles. The summed E-state index contributed by atoms with van der Waals surface area (Å²) in [6, 6.07) is 0. The predicted molar refractivity (Wildman–Crippen MR) is 74.5 cm³/mol. The van der Waals surface area contributed by atoms with Crippen LogP contribution in [0.1, 0.15) is 26.2 Å². The second kappa shape index (κ2) is 9.14. The fraction of sp³-hybridized carbons (Fsp3) is 0.467. The van der Waals surface area contributed by atoms with Crippen molar-refractivity contribution in [3.8, 4) is 0 Å². The van der Waals surface area contributed by atoms with Gasteiger partial charge in [-0.15, -0.1) is 6.58 Å². The summed E-state index contributed by atoms with van der Waals surface area (Å²) in [7, 11) is 0. The van der Waals surface area contributed by atoms with Crippen molar-refractivity contribution >= 4 is 11.9 Å². The fourth-order valence-corrected chi connectivity index (χ4v) is 1.77. The zero-order valence-corrected chi connectivity index (χ0v) is 11.5.